The number of nitrogens with zero attached hydrogens (tertiary/aromatic N) is 2. The molecular weight excluding hydrogens is 484 g/mol. The summed E-state index contributed by atoms with van der Waals surface area (Å²) in [5, 5.41) is 0. The first-order valence-corrected chi connectivity index (χ1v) is 16.9. The molecule has 1 fully saturated rings. The predicted molar refractivity (Wildman–Crippen MR) is 143 cm³/mol. The maximum Gasteiger partial charge on any atom is 0.255 e. The number of benzene rings is 2. The quantitative estimate of drug-likeness (QED) is 0.289. The van der Waals surface area contributed by atoms with Gasteiger partial charge < -0.3 is 14.4 Å². The Balaban J connectivity index is 1.24. The number of hydrogen-bond acceptors (Lipinski definition) is 5. The SMILES string of the molecule is C[C@H]1c2ccccc2CC1Oc1ccc2c(c1)CN(C1CCC(=O)N(COCC[Si](C)(C)C)C1=O)C2=O. The molecule has 2 aromatic carbocycles. The minimum absolute atomic E-state index is 0.0455. The zero-order chi connectivity index (χ0) is 26.3. The van der Waals surface area contributed by atoms with Gasteiger partial charge >= 0.3 is 0 Å². The van der Waals surface area contributed by atoms with Crippen LogP contribution in [-0.2, 0) is 27.3 Å². The number of likely N-dealkylation sites (tertiary alicyclic amines) is 1. The van der Waals surface area contributed by atoms with Gasteiger partial charge in [0.25, 0.3) is 11.8 Å². The molecule has 2 unspecified atom stereocenters. The van der Waals surface area contributed by atoms with Crippen molar-refractivity contribution >= 4 is 25.8 Å². The van der Waals surface area contributed by atoms with Gasteiger partial charge in [-0.1, -0.05) is 50.8 Å². The third kappa shape index (κ3) is 5.22. The monoisotopic (exact) mass is 520 g/mol. The van der Waals surface area contributed by atoms with Gasteiger partial charge in [0.15, 0.2) is 0 Å². The molecule has 3 aliphatic rings. The second kappa shape index (κ2) is 10.1. The van der Waals surface area contributed by atoms with Crippen LogP contribution < -0.4 is 4.74 Å². The van der Waals surface area contributed by atoms with Crippen LogP contribution in [0, 0.1) is 0 Å². The summed E-state index contributed by atoms with van der Waals surface area (Å²) >= 11 is 0. The zero-order valence-electron chi connectivity index (χ0n) is 22.2. The van der Waals surface area contributed by atoms with Crippen molar-refractivity contribution in [3.8, 4) is 5.75 Å². The molecule has 2 heterocycles. The van der Waals surface area contributed by atoms with Gasteiger partial charge in [-0.15, -0.1) is 0 Å². The van der Waals surface area contributed by atoms with Crippen molar-refractivity contribution in [1.82, 2.24) is 9.80 Å². The molecule has 1 saturated heterocycles. The Morgan fingerprint density at radius 1 is 1.03 bits per heavy atom. The molecule has 8 heteroatoms. The lowest BCUT2D eigenvalue weighted by molar-refractivity contribution is -0.158. The highest BCUT2D eigenvalue weighted by molar-refractivity contribution is 6.76. The van der Waals surface area contributed by atoms with Gasteiger partial charge in [-0.25, -0.2) is 0 Å². The minimum Gasteiger partial charge on any atom is -0.489 e. The smallest absolute Gasteiger partial charge is 0.255 e. The van der Waals surface area contributed by atoms with E-state index in [0.717, 1.165) is 23.8 Å². The lowest BCUT2D eigenvalue weighted by Gasteiger charge is -2.35. The first kappa shape index (κ1) is 25.7. The molecule has 0 bridgehead atoms. The number of amides is 3. The van der Waals surface area contributed by atoms with Crippen LogP contribution >= 0.6 is 0 Å². The second-order valence-corrected chi connectivity index (χ2v) is 17.3. The fraction of sp³-hybridized carbons (Fsp3) is 0.483. The van der Waals surface area contributed by atoms with Crippen molar-refractivity contribution in [2.75, 3.05) is 13.3 Å². The van der Waals surface area contributed by atoms with E-state index in [1.807, 2.05) is 12.1 Å². The number of imide groups is 1. The number of piperidine rings is 1. The molecule has 2 aliphatic heterocycles. The minimum atomic E-state index is -1.27. The normalized spacial score (nSPS) is 23.5. The fourth-order valence-electron chi connectivity index (χ4n) is 5.50. The van der Waals surface area contributed by atoms with Gasteiger partial charge in [0.1, 0.15) is 24.6 Å². The maximum absolute atomic E-state index is 13.3. The largest absolute Gasteiger partial charge is 0.489 e. The van der Waals surface area contributed by atoms with E-state index in [9.17, 15) is 14.4 Å². The summed E-state index contributed by atoms with van der Waals surface area (Å²) in [6.07, 6.45) is 1.47. The second-order valence-electron chi connectivity index (χ2n) is 11.7. The fourth-order valence-corrected chi connectivity index (χ4v) is 6.26. The number of ether oxygens (including phenoxy) is 2. The standard InChI is InChI=1S/C29H36N2O5Si/c1-19-23-8-6-5-7-20(23)16-26(19)36-22-9-10-24-21(15-22)17-30(28(24)33)25-11-12-27(32)31(29(25)34)18-35-13-14-37(2,3)4/h5-10,15,19,25-26H,11-14,16-18H2,1-4H3/t19-,25?,26?/m0/s1. The predicted octanol–water partition coefficient (Wildman–Crippen LogP) is 4.58. The van der Waals surface area contributed by atoms with Crippen LogP contribution in [-0.4, -0.2) is 61.1 Å². The molecule has 1 aliphatic carbocycles. The average molecular weight is 521 g/mol. The van der Waals surface area contributed by atoms with Crippen molar-refractivity contribution in [3.05, 3.63) is 64.7 Å². The highest BCUT2D eigenvalue weighted by Gasteiger charge is 2.43. The summed E-state index contributed by atoms with van der Waals surface area (Å²) in [7, 11) is -1.27. The van der Waals surface area contributed by atoms with Crippen molar-refractivity contribution in [3.63, 3.8) is 0 Å². The van der Waals surface area contributed by atoms with Crippen LogP contribution in [0.25, 0.3) is 0 Å². The van der Waals surface area contributed by atoms with Crippen molar-refractivity contribution in [2.45, 2.75) is 76.5 Å². The third-order valence-electron chi connectivity index (χ3n) is 7.80. The molecule has 7 nitrogen and oxygen atoms in total. The van der Waals surface area contributed by atoms with Crippen LogP contribution in [0.3, 0.4) is 0 Å². The molecule has 0 spiro atoms. The number of carbonyl (C=O) groups excluding carboxylic acids is 3. The van der Waals surface area contributed by atoms with Gasteiger partial charge in [0.05, 0.1) is 0 Å². The molecule has 5 rings (SSSR count). The van der Waals surface area contributed by atoms with E-state index in [-0.39, 0.29) is 37.0 Å². The van der Waals surface area contributed by atoms with Gasteiger partial charge in [-0.3, -0.25) is 19.3 Å². The number of hydrogen-bond donors (Lipinski definition) is 0. The van der Waals surface area contributed by atoms with Gasteiger partial charge in [-0.05, 0) is 47.4 Å². The molecule has 3 atom stereocenters. The summed E-state index contributed by atoms with van der Waals surface area (Å²) in [5.41, 5.74) is 4.10. The summed E-state index contributed by atoms with van der Waals surface area (Å²) in [5.74, 6) is 0.273. The summed E-state index contributed by atoms with van der Waals surface area (Å²) in [6, 6.07) is 14.3. The summed E-state index contributed by atoms with van der Waals surface area (Å²) in [4.78, 5) is 41.8. The van der Waals surface area contributed by atoms with E-state index in [1.165, 1.54) is 16.0 Å². The molecule has 196 valence electrons. The van der Waals surface area contributed by atoms with Gasteiger partial charge in [0.2, 0.25) is 5.91 Å². The van der Waals surface area contributed by atoms with Crippen LogP contribution in [0.15, 0.2) is 42.5 Å². The third-order valence-corrected chi connectivity index (χ3v) is 9.50. The van der Waals surface area contributed by atoms with E-state index in [2.05, 4.69) is 50.8 Å². The summed E-state index contributed by atoms with van der Waals surface area (Å²) < 4.78 is 12.1. The molecule has 0 radical (unpaired) electrons. The Bertz CT molecular complexity index is 1220. The molecular formula is C29H36N2O5Si. The Kier molecular flexibility index (Phi) is 6.98. The Labute approximate surface area is 219 Å². The topological polar surface area (TPSA) is 76.2 Å². The molecule has 3 amide bonds. The van der Waals surface area contributed by atoms with Gasteiger partial charge in [0, 0.05) is 45.5 Å². The molecule has 0 saturated carbocycles. The average Bonchev–Trinajstić information content (AvgIpc) is 3.34. The summed E-state index contributed by atoms with van der Waals surface area (Å²) in [6.45, 7) is 9.76. The van der Waals surface area contributed by atoms with Crippen LogP contribution in [0.4, 0.5) is 0 Å². The number of fused-ring (bicyclic) bond motifs is 2. The van der Waals surface area contributed by atoms with Crippen molar-refractivity contribution in [1.29, 1.82) is 0 Å². The Morgan fingerprint density at radius 3 is 2.57 bits per heavy atom. The van der Waals surface area contributed by atoms with Crippen molar-refractivity contribution < 1.29 is 23.9 Å². The number of rotatable bonds is 8. The zero-order valence-corrected chi connectivity index (χ0v) is 23.2. The van der Waals surface area contributed by atoms with E-state index in [4.69, 9.17) is 9.47 Å². The van der Waals surface area contributed by atoms with Crippen LogP contribution in [0.1, 0.15) is 52.7 Å². The van der Waals surface area contributed by atoms with E-state index < -0.39 is 14.1 Å². The molecule has 37 heavy (non-hydrogen) atoms. The first-order valence-electron chi connectivity index (χ1n) is 13.2. The van der Waals surface area contributed by atoms with E-state index in [0.29, 0.717) is 31.1 Å². The highest BCUT2D eigenvalue weighted by atomic mass is 28.3. The van der Waals surface area contributed by atoms with Crippen molar-refractivity contribution in [2.24, 2.45) is 0 Å². The molecule has 2 aromatic rings. The van der Waals surface area contributed by atoms with Crippen LogP contribution in [0.5, 0.6) is 5.75 Å². The molecule has 0 N–H and O–H groups in total. The maximum atomic E-state index is 13.3. The molecule has 0 aromatic heterocycles. The van der Waals surface area contributed by atoms with E-state index in [1.54, 1.807) is 11.0 Å². The first-order chi connectivity index (χ1) is 17.6. The van der Waals surface area contributed by atoms with Gasteiger partial charge in [-0.2, -0.15) is 0 Å². The van der Waals surface area contributed by atoms with E-state index >= 15 is 0 Å². The van der Waals surface area contributed by atoms with Crippen LogP contribution in [0.2, 0.25) is 25.7 Å². The highest BCUT2D eigenvalue weighted by Crippen LogP contribution is 2.37. The lowest BCUT2D eigenvalue weighted by Crippen LogP contribution is -2.55. The lowest BCUT2D eigenvalue weighted by atomic mass is 10.0. The number of carbonyl (C=O) groups is 3. The Morgan fingerprint density at radius 2 is 1.81 bits per heavy atom. The Hall–Kier alpha value is -2.97.